The van der Waals surface area contributed by atoms with E-state index in [1.165, 1.54) is 30.5 Å². The molecule has 0 saturated carbocycles. The van der Waals surface area contributed by atoms with Crippen LogP contribution >= 0.6 is 12.4 Å². The van der Waals surface area contributed by atoms with Crippen molar-refractivity contribution in [2.45, 2.75) is 0 Å². The Morgan fingerprint density at radius 1 is 1.17 bits per heavy atom. The molecule has 0 unspecified atom stereocenters. The van der Waals surface area contributed by atoms with E-state index in [1.807, 2.05) is 0 Å². The first kappa shape index (κ1) is 13.9. The molecular formula is C12H11ClFN3O. The van der Waals surface area contributed by atoms with Crippen molar-refractivity contribution in [2.24, 2.45) is 5.73 Å². The zero-order valence-corrected chi connectivity index (χ0v) is 10.1. The molecule has 3 N–H and O–H groups in total. The summed E-state index contributed by atoms with van der Waals surface area (Å²) in [5.41, 5.74) is 5.65. The molecule has 0 atom stereocenters. The van der Waals surface area contributed by atoms with E-state index in [-0.39, 0.29) is 24.1 Å². The largest absolute Gasteiger partial charge is 0.457 e. The highest BCUT2D eigenvalue weighted by molar-refractivity contribution is 5.93. The van der Waals surface area contributed by atoms with Gasteiger partial charge in [0, 0.05) is 12.3 Å². The van der Waals surface area contributed by atoms with E-state index >= 15 is 0 Å². The van der Waals surface area contributed by atoms with E-state index in [9.17, 15) is 4.39 Å². The fraction of sp³-hybridized carbons (Fsp3) is 0. The standard InChI is InChI=1S/C12H10FN3O.ClH/c13-8-1-3-9(4-2-8)17-10-5-6-16-11(7-10)12(14)15;/h1-7H,(H3,14,15);1H. The van der Waals surface area contributed by atoms with Crippen LogP contribution in [-0.4, -0.2) is 10.8 Å². The molecule has 0 aliphatic rings. The summed E-state index contributed by atoms with van der Waals surface area (Å²) in [6, 6.07) is 8.83. The molecule has 4 nitrogen and oxygen atoms in total. The lowest BCUT2D eigenvalue weighted by molar-refractivity contribution is 0.479. The molecule has 0 radical (unpaired) electrons. The lowest BCUT2D eigenvalue weighted by Crippen LogP contribution is -2.12. The average molecular weight is 268 g/mol. The van der Waals surface area contributed by atoms with Gasteiger partial charge in [-0.2, -0.15) is 0 Å². The van der Waals surface area contributed by atoms with Gasteiger partial charge in [-0.05, 0) is 30.3 Å². The molecule has 94 valence electrons. The van der Waals surface area contributed by atoms with Crippen molar-refractivity contribution in [3.63, 3.8) is 0 Å². The third-order valence-corrected chi connectivity index (χ3v) is 2.06. The quantitative estimate of drug-likeness (QED) is 0.663. The summed E-state index contributed by atoms with van der Waals surface area (Å²) in [6.07, 6.45) is 1.50. The van der Waals surface area contributed by atoms with Crippen LogP contribution in [0.25, 0.3) is 0 Å². The van der Waals surface area contributed by atoms with Gasteiger partial charge in [-0.1, -0.05) is 0 Å². The van der Waals surface area contributed by atoms with Gasteiger partial charge in [0.05, 0.1) is 0 Å². The van der Waals surface area contributed by atoms with E-state index in [1.54, 1.807) is 12.1 Å². The fourth-order valence-electron chi connectivity index (χ4n) is 1.26. The Labute approximate surface area is 110 Å². The number of nitrogen functional groups attached to an aromatic ring is 1. The van der Waals surface area contributed by atoms with Crippen LogP contribution in [0, 0.1) is 11.2 Å². The molecule has 2 aromatic rings. The number of aromatic nitrogens is 1. The van der Waals surface area contributed by atoms with Gasteiger partial charge in [-0.15, -0.1) is 12.4 Å². The highest BCUT2D eigenvalue weighted by atomic mass is 35.5. The number of ether oxygens (including phenoxy) is 1. The van der Waals surface area contributed by atoms with Gasteiger partial charge in [0.25, 0.3) is 0 Å². The first-order valence-corrected chi connectivity index (χ1v) is 4.89. The maximum Gasteiger partial charge on any atom is 0.141 e. The van der Waals surface area contributed by atoms with Crippen LogP contribution in [0.1, 0.15) is 5.69 Å². The molecule has 0 aliphatic heterocycles. The van der Waals surface area contributed by atoms with Crippen molar-refractivity contribution in [1.29, 1.82) is 5.41 Å². The van der Waals surface area contributed by atoms with Crippen molar-refractivity contribution in [3.05, 3.63) is 54.1 Å². The molecule has 1 heterocycles. The Kier molecular flexibility index (Phi) is 4.62. The van der Waals surface area contributed by atoms with Crippen LogP contribution in [0.2, 0.25) is 0 Å². The number of halogens is 2. The number of nitrogens with one attached hydrogen (secondary N) is 1. The second-order valence-electron chi connectivity index (χ2n) is 3.35. The summed E-state index contributed by atoms with van der Waals surface area (Å²) in [5, 5.41) is 7.25. The third-order valence-electron chi connectivity index (χ3n) is 2.06. The monoisotopic (exact) mass is 267 g/mol. The molecular weight excluding hydrogens is 257 g/mol. The normalized spacial score (nSPS) is 9.39. The highest BCUT2D eigenvalue weighted by Crippen LogP contribution is 2.21. The Hall–Kier alpha value is -2.14. The van der Waals surface area contributed by atoms with Gasteiger partial charge in [0.1, 0.15) is 28.8 Å². The molecule has 0 spiro atoms. The van der Waals surface area contributed by atoms with Crippen LogP contribution < -0.4 is 10.5 Å². The molecule has 1 aromatic heterocycles. The predicted molar refractivity (Wildman–Crippen MR) is 69.0 cm³/mol. The van der Waals surface area contributed by atoms with E-state index in [2.05, 4.69) is 4.98 Å². The van der Waals surface area contributed by atoms with E-state index in [4.69, 9.17) is 15.9 Å². The molecule has 2 rings (SSSR count). The third kappa shape index (κ3) is 3.43. The van der Waals surface area contributed by atoms with Crippen molar-refractivity contribution >= 4 is 18.2 Å². The predicted octanol–water partition coefficient (Wildman–Crippen LogP) is 2.72. The molecule has 6 heteroatoms. The Balaban J connectivity index is 0.00000162. The minimum absolute atomic E-state index is 0. The lowest BCUT2D eigenvalue weighted by Gasteiger charge is -2.06. The Morgan fingerprint density at radius 3 is 2.44 bits per heavy atom. The number of nitrogens with two attached hydrogens (primary N) is 1. The van der Waals surface area contributed by atoms with E-state index in [0.717, 1.165) is 0 Å². The summed E-state index contributed by atoms with van der Waals surface area (Å²) < 4.78 is 18.2. The van der Waals surface area contributed by atoms with Gasteiger partial charge < -0.3 is 10.5 Å². The van der Waals surface area contributed by atoms with Crippen LogP contribution in [0.15, 0.2) is 42.6 Å². The SMILES string of the molecule is Cl.N=C(N)c1cc(Oc2ccc(F)cc2)ccn1. The Morgan fingerprint density at radius 2 is 1.83 bits per heavy atom. The molecule has 0 bridgehead atoms. The minimum atomic E-state index is -0.323. The Bertz CT molecular complexity index is 545. The second kappa shape index (κ2) is 5.97. The van der Waals surface area contributed by atoms with Gasteiger partial charge in [0.15, 0.2) is 0 Å². The first-order valence-electron chi connectivity index (χ1n) is 4.89. The van der Waals surface area contributed by atoms with Crippen LogP contribution in [0.4, 0.5) is 4.39 Å². The van der Waals surface area contributed by atoms with Crippen molar-refractivity contribution < 1.29 is 9.13 Å². The summed E-state index contributed by atoms with van der Waals surface area (Å²) in [7, 11) is 0. The van der Waals surface area contributed by atoms with Crippen molar-refractivity contribution in [1.82, 2.24) is 4.98 Å². The van der Waals surface area contributed by atoms with Gasteiger partial charge in [-0.25, -0.2) is 4.39 Å². The molecule has 0 saturated heterocycles. The zero-order chi connectivity index (χ0) is 12.3. The zero-order valence-electron chi connectivity index (χ0n) is 9.26. The molecule has 1 aromatic carbocycles. The van der Waals surface area contributed by atoms with E-state index in [0.29, 0.717) is 17.2 Å². The number of benzene rings is 1. The topological polar surface area (TPSA) is 72.0 Å². The summed E-state index contributed by atoms with van der Waals surface area (Å²) in [6.45, 7) is 0. The molecule has 0 aliphatic carbocycles. The smallest absolute Gasteiger partial charge is 0.141 e. The van der Waals surface area contributed by atoms with Gasteiger partial charge in [-0.3, -0.25) is 10.4 Å². The van der Waals surface area contributed by atoms with Crippen molar-refractivity contribution in [3.8, 4) is 11.5 Å². The second-order valence-corrected chi connectivity index (χ2v) is 3.35. The summed E-state index contributed by atoms with van der Waals surface area (Å²) in [5.74, 6) is 0.551. The highest BCUT2D eigenvalue weighted by Gasteiger charge is 2.02. The number of amidine groups is 1. The van der Waals surface area contributed by atoms with E-state index < -0.39 is 0 Å². The fourth-order valence-corrected chi connectivity index (χ4v) is 1.26. The number of rotatable bonds is 3. The molecule has 18 heavy (non-hydrogen) atoms. The van der Waals surface area contributed by atoms with Gasteiger partial charge in [0.2, 0.25) is 0 Å². The van der Waals surface area contributed by atoms with Crippen molar-refractivity contribution in [2.75, 3.05) is 0 Å². The first-order chi connectivity index (χ1) is 8.15. The number of hydrogen-bond donors (Lipinski definition) is 2. The minimum Gasteiger partial charge on any atom is -0.457 e. The number of nitrogens with zero attached hydrogens (tertiary/aromatic N) is 1. The maximum absolute atomic E-state index is 12.7. The number of pyridine rings is 1. The van der Waals surface area contributed by atoms with Crippen LogP contribution in [-0.2, 0) is 0 Å². The number of hydrogen-bond acceptors (Lipinski definition) is 3. The molecule has 0 fully saturated rings. The lowest BCUT2D eigenvalue weighted by atomic mass is 10.3. The summed E-state index contributed by atoms with van der Waals surface area (Å²) in [4.78, 5) is 3.91. The van der Waals surface area contributed by atoms with Crippen LogP contribution in [0.5, 0.6) is 11.5 Å². The summed E-state index contributed by atoms with van der Waals surface area (Å²) >= 11 is 0. The average Bonchev–Trinajstić information content (AvgIpc) is 2.32. The van der Waals surface area contributed by atoms with Crippen LogP contribution in [0.3, 0.4) is 0 Å². The molecule has 0 amide bonds. The van der Waals surface area contributed by atoms with Gasteiger partial charge >= 0.3 is 0 Å². The maximum atomic E-state index is 12.7.